The zero-order valence-corrected chi connectivity index (χ0v) is 10.6. The van der Waals surface area contributed by atoms with Gasteiger partial charge in [0.15, 0.2) is 0 Å². The van der Waals surface area contributed by atoms with E-state index in [1.165, 1.54) is 6.08 Å². The Labute approximate surface area is 116 Å². The number of carbonyl (C=O) groups excluding carboxylic acids is 3. The summed E-state index contributed by atoms with van der Waals surface area (Å²) in [5.41, 5.74) is 6.01. The van der Waals surface area contributed by atoms with Crippen LogP contribution in [0.15, 0.2) is 60.7 Å². The zero-order valence-electron chi connectivity index (χ0n) is 10.6. The highest BCUT2D eigenvalue weighted by Crippen LogP contribution is 2.00. The first-order chi connectivity index (χ1) is 9.58. The van der Waals surface area contributed by atoms with E-state index in [1.54, 1.807) is 12.2 Å². The summed E-state index contributed by atoms with van der Waals surface area (Å²) in [5, 5.41) is 0. The summed E-state index contributed by atoms with van der Waals surface area (Å²) in [6.45, 7) is 0. The van der Waals surface area contributed by atoms with E-state index in [1.807, 2.05) is 36.4 Å². The largest absolute Gasteiger partial charge is 0.387 e. The summed E-state index contributed by atoms with van der Waals surface area (Å²) < 4.78 is 3.97. The number of hydrogen-bond donors (Lipinski definition) is 1. The fourth-order valence-electron chi connectivity index (χ4n) is 1.18. The molecule has 20 heavy (non-hydrogen) atoms. The molecule has 5 heteroatoms. The van der Waals surface area contributed by atoms with Gasteiger partial charge < -0.3 is 10.5 Å². The van der Waals surface area contributed by atoms with Crippen molar-refractivity contribution in [3.63, 3.8) is 0 Å². The molecule has 1 heterocycles. The molecule has 0 saturated carbocycles. The summed E-state index contributed by atoms with van der Waals surface area (Å²) in [5.74, 6) is -1.59. The van der Waals surface area contributed by atoms with Gasteiger partial charge in [0, 0.05) is 18.2 Å². The summed E-state index contributed by atoms with van der Waals surface area (Å²) in [4.78, 5) is 30.2. The van der Waals surface area contributed by atoms with Gasteiger partial charge >= 0.3 is 11.9 Å². The molecule has 0 aromatic heterocycles. The molecule has 5 nitrogen and oxygen atoms in total. The van der Waals surface area contributed by atoms with Crippen LogP contribution in [0.25, 0.3) is 6.08 Å². The monoisotopic (exact) mass is 271 g/mol. The molecule has 1 aliphatic rings. The Balaban J connectivity index is 0.000000240. The molecule has 1 amide bonds. The number of ether oxygens (including phenoxy) is 1. The van der Waals surface area contributed by atoms with Crippen LogP contribution in [0, 0.1) is 0 Å². The van der Waals surface area contributed by atoms with Crippen LogP contribution in [0.4, 0.5) is 0 Å². The summed E-state index contributed by atoms with van der Waals surface area (Å²) in [6.07, 6.45) is 8.79. The highest BCUT2D eigenvalue weighted by molar-refractivity contribution is 6.04. The predicted molar refractivity (Wildman–Crippen MR) is 74.0 cm³/mol. The third kappa shape index (κ3) is 6.70. The van der Waals surface area contributed by atoms with Gasteiger partial charge in [0.2, 0.25) is 5.91 Å². The van der Waals surface area contributed by atoms with E-state index in [0.29, 0.717) is 0 Å². The average molecular weight is 271 g/mol. The van der Waals surface area contributed by atoms with Gasteiger partial charge in [0.05, 0.1) is 0 Å². The molecule has 0 saturated heterocycles. The Kier molecular flexibility index (Phi) is 6.20. The van der Waals surface area contributed by atoms with Crippen molar-refractivity contribution in [3.05, 3.63) is 66.3 Å². The van der Waals surface area contributed by atoms with Gasteiger partial charge in [0.25, 0.3) is 0 Å². The van der Waals surface area contributed by atoms with E-state index >= 15 is 0 Å². The minimum Gasteiger partial charge on any atom is -0.387 e. The first-order valence-corrected chi connectivity index (χ1v) is 5.71. The molecule has 2 rings (SSSR count). The molecule has 0 atom stereocenters. The standard InChI is InChI=1S/C11H11NO.C4H2O3/c12-11(13)9-5-4-8-10-6-2-1-3-7-10;5-3-1-2-4(6)7-3/h1-9H,(H2,12,13);1-2H. The molecule has 1 aliphatic heterocycles. The van der Waals surface area contributed by atoms with E-state index < -0.39 is 17.8 Å². The fourth-order valence-corrected chi connectivity index (χ4v) is 1.18. The predicted octanol–water partition coefficient (Wildman–Crippen LogP) is 1.37. The Morgan fingerprint density at radius 3 is 2.05 bits per heavy atom. The fraction of sp³-hybridized carbons (Fsp3) is 0. The second kappa shape index (κ2) is 8.20. The number of rotatable bonds is 3. The summed E-state index contributed by atoms with van der Waals surface area (Å²) in [7, 11) is 0. The molecular weight excluding hydrogens is 258 g/mol. The Hall–Kier alpha value is -2.95. The zero-order chi connectivity index (χ0) is 14.8. The normalized spacial score (nSPS) is 13.4. The first kappa shape index (κ1) is 15.1. The molecule has 0 aliphatic carbocycles. The van der Waals surface area contributed by atoms with E-state index in [9.17, 15) is 14.4 Å². The number of nitrogens with two attached hydrogens (primary N) is 1. The SMILES string of the molecule is NC(=O)C=CC=Cc1ccccc1.O=C1C=CC(=O)O1. The number of cyclic esters (lactones) is 2. The lowest BCUT2D eigenvalue weighted by atomic mass is 10.2. The van der Waals surface area contributed by atoms with Gasteiger partial charge in [-0.1, -0.05) is 48.6 Å². The van der Waals surface area contributed by atoms with Crippen LogP contribution in [0.3, 0.4) is 0 Å². The van der Waals surface area contributed by atoms with Crippen molar-refractivity contribution in [1.29, 1.82) is 0 Å². The number of benzene rings is 1. The van der Waals surface area contributed by atoms with Crippen LogP contribution in [0.1, 0.15) is 5.56 Å². The highest BCUT2D eigenvalue weighted by atomic mass is 16.6. The van der Waals surface area contributed by atoms with Crippen LogP contribution in [0.2, 0.25) is 0 Å². The Morgan fingerprint density at radius 1 is 1.00 bits per heavy atom. The third-order valence-electron chi connectivity index (χ3n) is 2.02. The molecule has 102 valence electrons. The van der Waals surface area contributed by atoms with Crippen molar-refractivity contribution in [2.75, 3.05) is 0 Å². The van der Waals surface area contributed by atoms with Crippen LogP contribution >= 0.6 is 0 Å². The molecule has 1 aromatic carbocycles. The Bertz CT molecular complexity index is 555. The second-order valence-electron chi connectivity index (χ2n) is 3.60. The van der Waals surface area contributed by atoms with Crippen molar-refractivity contribution >= 4 is 23.9 Å². The third-order valence-corrected chi connectivity index (χ3v) is 2.02. The van der Waals surface area contributed by atoms with Crippen molar-refractivity contribution in [1.82, 2.24) is 0 Å². The number of carbonyl (C=O) groups is 3. The van der Waals surface area contributed by atoms with Gasteiger partial charge in [0.1, 0.15) is 0 Å². The van der Waals surface area contributed by atoms with E-state index in [0.717, 1.165) is 17.7 Å². The number of allylic oxidation sites excluding steroid dienone is 2. The minimum absolute atomic E-state index is 0.433. The topological polar surface area (TPSA) is 86.5 Å². The summed E-state index contributed by atoms with van der Waals surface area (Å²) in [6, 6.07) is 9.83. The highest BCUT2D eigenvalue weighted by Gasteiger charge is 2.10. The minimum atomic E-state index is -0.579. The lowest BCUT2D eigenvalue weighted by Gasteiger charge is -1.87. The number of esters is 2. The van der Waals surface area contributed by atoms with Crippen LogP contribution in [-0.4, -0.2) is 17.8 Å². The van der Waals surface area contributed by atoms with Gasteiger partial charge in [-0.05, 0) is 5.56 Å². The maximum Gasteiger partial charge on any atom is 0.338 e. The second-order valence-corrected chi connectivity index (χ2v) is 3.60. The molecule has 0 fully saturated rings. The van der Waals surface area contributed by atoms with Gasteiger partial charge in [-0.25, -0.2) is 9.59 Å². The molecule has 0 spiro atoms. The molecule has 0 radical (unpaired) electrons. The van der Waals surface area contributed by atoms with Crippen molar-refractivity contribution in [3.8, 4) is 0 Å². The molecule has 0 unspecified atom stereocenters. The van der Waals surface area contributed by atoms with Crippen molar-refractivity contribution < 1.29 is 19.1 Å². The quantitative estimate of drug-likeness (QED) is 0.389. The van der Waals surface area contributed by atoms with Gasteiger partial charge in [-0.2, -0.15) is 0 Å². The van der Waals surface area contributed by atoms with Gasteiger partial charge in [-0.3, -0.25) is 4.79 Å². The van der Waals surface area contributed by atoms with E-state index in [4.69, 9.17) is 5.73 Å². The summed E-state index contributed by atoms with van der Waals surface area (Å²) >= 11 is 0. The lowest BCUT2D eigenvalue weighted by Crippen LogP contribution is -2.04. The van der Waals surface area contributed by atoms with Crippen molar-refractivity contribution in [2.24, 2.45) is 5.73 Å². The maximum atomic E-state index is 10.3. The van der Waals surface area contributed by atoms with Crippen LogP contribution in [-0.2, 0) is 19.1 Å². The van der Waals surface area contributed by atoms with E-state index in [-0.39, 0.29) is 0 Å². The van der Waals surface area contributed by atoms with Gasteiger partial charge in [-0.15, -0.1) is 0 Å². The molecule has 1 aromatic rings. The smallest absolute Gasteiger partial charge is 0.338 e. The average Bonchev–Trinajstić information content (AvgIpc) is 2.80. The van der Waals surface area contributed by atoms with E-state index in [2.05, 4.69) is 4.74 Å². The molecule has 0 bridgehead atoms. The Morgan fingerprint density at radius 2 is 1.60 bits per heavy atom. The number of amides is 1. The molecule has 2 N–H and O–H groups in total. The lowest BCUT2D eigenvalue weighted by molar-refractivity contribution is -0.150. The molecular formula is C15H13NO4. The first-order valence-electron chi connectivity index (χ1n) is 5.71. The maximum absolute atomic E-state index is 10.3. The number of primary amides is 1. The van der Waals surface area contributed by atoms with Crippen LogP contribution < -0.4 is 5.73 Å². The van der Waals surface area contributed by atoms with Crippen molar-refractivity contribution in [2.45, 2.75) is 0 Å². The van der Waals surface area contributed by atoms with Crippen LogP contribution in [0.5, 0.6) is 0 Å². The number of hydrogen-bond acceptors (Lipinski definition) is 4.